The first-order valence-electron chi connectivity index (χ1n) is 9.06. The second kappa shape index (κ2) is 9.84. The summed E-state index contributed by atoms with van der Waals surface area (Å²) < 4.78 is 44.7. The molecule has 0 aliphatic heterocycles. The fraction of sp³-hybridized carbons (Fsp3) is 0.0952. The topological polar surface area (TPSA) is 75.3 Å². The van der Waals surface area contributed by atoms with Crippen molar-refractivity contribution < 1.29 is 22.7 Å². The van der Waals surface area contributed by atoms with Crippen LogP contribution >= 0.6 is 23.8 Å². The molecule has 32 heavy (non-hydrogen) atoms. The number of rotatable bonds is 5. The van der Waals surface area contributed by atoms with E-state index in [2.05, 4.69) is 20.9 Å². The van der Waals surface area contributed by atoms with Crippen LogP contribution in [-0.4, -0.2) is 23.1 Å². The van der Waals surface area contributed by atoms with Crippen LogP contribution in [0.15, 0.2) is 60.8 Å². The van der Waals surface area contributed by atoms with E-state index in [0.29, 0.717) is 17.0 Å². The lowest BCUT2D eigenvalue weighted by molar-refractivity contribution is -0.137. The molecular weight excluding hydrogens is 465 g/mol. The molecule has 0 saturated carbocycles. The van der Waals surface area contributed by atoms with E-state index < -0.39 is 16.8 Å². The number of alkyl halides is 3. The van der Waals surface area contributed by atoms with Crippen LogP contribution in [0, 0.1) is 0 Å². The van der Waals surface area contributed by atoms with Gasteiger partial charge in [0.05, 0.1) is 16.1 Å². The van der Waals surface area contributed by atoms with Gasteiger partial charge in [0.2, 0.25) is 5.88 Å². The molecule has 0 atom stereocenters. The van der Waals surface area contributed by atoms with Gasteiger partial charge in [0.1, 0.15) is 5.75 Å². The number of thiocarbonyl (C=S) groups is 1. The molecule has 6 nitrogen and oxygen atoms in total. The molecule has 0 aliphatic rings. The number of nitrogens with zero attached hydrogens (tertiary/aromatic N) is 1. The summed E-state index contributed by atoms with van der Waals surface area (Å²) in [6.45, 7) is 0. The SMILES string of the molecule is CNC(=O)c1ccc(Oc2cccc(NC(=S)Nc3ccc(Cl)c(C(F)(F)F)c3)c2)nc1. The summed E-state index contributed by atoms with van der Waals surface area (Å²) in [6.07, 6.45) is -3.20. The Bertz CT molecular complexity index is 1140. The van der Waals surface area contributed by atoms with Crippen molar-refractivity contribution in [2.75, 3.05) is 17.7 Å². The zero-order valence-corrected chi connectivity index (χ0v) is 18.0. The molecule has 3 aromatic rings. The summed E-state index contributed by atoms with van der Waals surface area (Å²) in [4.78, 5) is 15.6. The van der Waals surface area contributed by atoms with Gasteiger partial charge in [0.15, 0.2) is 5.11 Å². The first-order valence-corrected chi connectivity index (χ1v) is 9.85. The molecule has 1 heterocycles. The Balaban J connectivity index is 1.66. The van der Waals surface area contributed by atoms with E-state index in [1.54, 1.807) is 36.4 Å². The second-order valence-corrected chi connectivity index (χ2v) is 7.18. The largest absolute Gasteiger partial charge is 0.439 e. The van der Waals surface area contributed by atoms with E-state index in [1.807, 2.05) is 0 Å². The maximum atomic E-state index is 13.0. The van der Waals surface area contributed by atoms with Gasteiger partial charge >= 0.3 is 6.18 Å². The van der Waals surface area contributed by atoms with Crippen molar-refractivity contribution in [2.45, 2.75) is 6.18 Å². The Labute approximate surface area is 191 Å². The van der Waals surface area contributed by atoms with Crippen LogP contribution in [0.5, 0.6) is 11.6 Å². The van der Waals surface area contributed by atoms with E-state index in [1.165, 1.54) is 19.3 Å². The molecule has 0 aliphatic carbocycles. The number of carbonyl (C=O) groups is 1. The van der Waals surface area contributed by atoms with Crippen LogP contribution in [0.4, 0.5) is 24.5 Å². The molecule has 166 valence electrons. The Hall–Kier alpha value is -3.37. The lowest BCUT2D eigenvalue weighted by Crippen LogP contribution is -2.19. The van der Waals surface area contributed by atoms with Gasteiger partial charge < -0.3 is 20.7 Å². The maximum Gasteiger partial charge on any atom is 0.417 e. The fourth-order valence-electron chi connectivity index (χ4n) is 2.59. The number of hydrogen-bond acceptors (Lipinski definition) is 4. The second-order valence-electron chi connectivity index (χ2n) is 6.37. The highest BCUT2D eigenvalue weighted by Gasteiger charge is 2.33. The van der Waals surface area contributed by atoms with E-state index in [-0.39, 0.29) is 22.6 Å². The van der Waals surface area contributed by atoms with Crippen molar-refractivity contribution in [2.24, 2.45) is 0 Å². The predicted octanol–water partition coefficient (Wildman–Crippen LogP) is 5.71. The zero-order chi connectivity index (χ0) is 23.3. The molecular formula is C21H16ClF3N4O2S. The first-order chi connectivity index (χ1) is 15.2. The number of carbonyl (C=O) groups excluding carboxylic acids is 1. The minimum Gasteiger partial charge on any atom is -0.439 e. The Kier molecular flexibility index (Phi) is 7.16. The third-order valence-electron chi connectivity index (χ3n) is 4.07. The van der Waals surface area contributed by atoms with Crippen molar-refractivity contribution >= 4 is 46.2 Å². The number of pyridine rings is 1. The molecule has 0 unspecified atom stereocenters. The van der Waals surface area contributed by atoms with E-state index in [9.17, 15) is 18.0 Å². The Morgan fingerprint density at radius 3 is 2.41 bits per heavy atom. The molecule has 1 aromatic heterocycles. The minimum atomic E-state index is -4.58. The van der Waals surface area contributed by atoms with E-state index in [0.717, 1.165) is 12.1 Å². The van der Waals surface area contributed by atoms with Crippen molar-refractivity contribution in [1.29, 1.82) is 0 Å². The van der Waals surface area contributed by atoms with Gasteiger partial charge in [-0.25, -0.2) is 4.98 Å². The Morgan fingerprint density at radius 1 is 1.06 bits per heavy atom. The average molecular weight is 481 g/mol. The van der Waals surface area contributed by atoms with Crippen molar-refractivity contribution in [3.63, 3.8) is 0 Å². The summed E-state index contributed by atoms with van der Waals surface area (Å²) in [6, 6.07) is 13.2. The maximum absolute atomic E-state index is 13.0. The number of hydrogen-bond donors (Lipinski definition) is 3. The number of halogens is 4. The molecule has 0 bridgehead atoms. The minimum absolute atomic E-state index is 0.0747. The number of aromatic nitrogens is 1. The van der Waals surface area contributed by atoms with Crippen molar-refractivity contribution in [3.8, 4) is 11.6 Å². The van der Waals surface area contributed by atoms with Crippen LogP contribution in [0.2, 0.25) is 5.02 Å². The van der Waals surface area contributed by atoms with Gasteiger partial charge in [-0.2, -0.15) is 13.2 Å². The molecule has 0 fully saturated rings. The van der Waals surface area contributed by atoms with Crippen LogP contribution < -0.4 is 20.7 Å². The standard InChI is InChI=1S/C21H16ClF3N4O2S/c1-26-19(30)12-5-8-18(27-11-12)31-15-4-2-3-13(9-15)28-20(32)29-14-6-7-17(22)16(10-14)21(23,24)25/h2-11H,1H3,(H,26,30)(H2,28,29,32). The molecule has 3 N–H and O–H groups in total. The van der Waals surface area contributed by atoms with E-state index >= 15 is 0 Å². The Morgan fingerprint density at radius 2 is 1.78 bits per heavy atom. The molecule has 1 amide bonds. The van der Waals surface area contributed by atoms with E-state index in [4.69, 9.17) is 28.6 Å². The van der Waals surface area contributed by atoms with Crippen LogP contribution in [0.25, 0.3) is 0 Å². The molecule has 2 aromatic carbocycles. The third kappa shape index (κ3) is 6.08. The van der Waals surface area contributed by atoms with Crippen molar-refractivity contribution in [3.05, 3.63) is 76.9 Å². The molecule has 0 radical (unpaired) electrons. The number of anilines is 2. The van der Waals surface area contributed by atoms with Crippen molar-refractivity contribution in [1.82, 2.24) is 10.3 Å². The third-order valence-corrected chi connectivity index (χ3v) is 4.60. The first kappa shape index (κ1) is 23.3. The molecule has 0 saturated heterocycles. The monoisotopic (exact) mass is 480 g/mol. The van der Waals surface area contributed by atoms with Gasteiger partial charge in [0.25, 0.3) is 5.91 Å². The average Bonchev–Trinajstić information content (AvgIpc) is 2.74. The highest BCUT2D eigenvalue weighted by atomic mass is 35.5. The summed E-state index contributed by atoms with van der Waals surface area (Å²) >= 11 is 10.8. The van der Waals surface area contributed by atoms with Crippen LogP contribution in [-0.2, 0) is 6.18 Å². The van der Waals surface area contributed by atoms with Gasteiger partial charge in [-0.1, -0.05) is 17.7 Å². The summed E-state index contributed by atoms with van der Waals surface area (Å²) in [5.41, 5.74) is 0.0962. The summed E-state index contributed by atoms with van der Waals surface area (Å²) in [5, 5.41) is 7.74. The summed E-state index contributed by atoms with van der Waals surface area (Å²) in [7, 11) is 1.52. The van der Waals surface area contributed by atoms with Crippen LogP contribution in [0.3, 0.4) is 0 Å². The van der Waals surface area contributed by atoms with Gasteiger partial charge in [-0.15, -0.1) is 0 Å². The molecule has 0 spiro atoms. The predicted molar refractivity (Wildman–Crippen MR) is 120 cm³/mol. The van der Waals surface area contributed by atoms with Gasteiger partial charge in [-0.05, 0) is 48.6 Å². The number of nitrogens with one attached hydrogen (secondary N) is 3. The highest BCUT2D eigenvalue weighted by Crippen LogP contribution is 2.36. The normalized spacial score (nSPS) is 10.9. The highest BCUT2D eigenvalue weighted by molar-refractivity contribution is 7.80. The number of ether oxygens (including phenoxy) is 1. The lowest BCUT2D eigenvalue weighted by atomic mass is 10.2. The number of amides is 1. The summed E-state index contributed by atoms with van der Waals surface area (Å²) in [5.74, 6) is 0.444. The molecule has 11 heteroatoms. The zero-order valence-electron chi connectivity index (χ0n) is 16.5. The fourth-order valence-corrected chi connectivity index (χ4v) is 3.05. The number of benzene rings is 2. The van der Waals surface area contributed by atoms with Gasteiger partial charge in [-0.3, -0.25) is 4.79 Å². The smallest absolute Gasteiger partial charge is 0.417 e. The van der Waals surface area contributed by atoms with Crippen LogP contribution in [0.1, 0.15) is 15.9 Å². The molecule has 3 rings (SSSR count). The quantitative estimate of drug-likeness (QED) is 0.406. The lowest BCUT2D eigenvalue weighted by Gasteiger charge is -2.14. The van der Waals surface area contributed by atoms with Gasteiger partial charge in [0, 0.05) is 36.8 Å².